The molecule has 0 unspecified atom stereocenters. The summed E-state index contributed by atoms with van der Waals surface area (Å²) in [5.41, 5.74) is -2.58. The number of nitro groups is 1. The van der Waals surface area contributed by atoms with Gasteiger partial charge in [-0.25, -0.2) is 8.42 Å². The molecule has 0 aliphatic carbocycles. The molecule has 0 spiro atoms. The molecule has 124 valence electrons. The number of aromatic nitrogens is 1. The van der Waals surface area contributed by atoms with E-state index in [0.29, 0.717) is 0 Å². The lowest BCUT2D eigenvalue weighted by molar-refractivity contribution is -0.393. The molecule has 1 heterocycles. The third-order valence-electron chi connectivity index (χ3n) is 1.91. The SMILES string of the molecule is O=[N+]([O-])c1ncc(OC(F)(F)F)c(C(F)(F)F)c1S(=O)(=O)Cl. The first-order chi connectivity index (χ1) is 9.64. The number of pyridine rings is 1. The summed E-state index contributed by atoms with van der Waals surface area (Å²) in [6, 6.07) is 0. The van der Waals surface area contributed by atoms with Crippen molar-refractivity contribution in [3.63, 3.8) is 0 Å². The normalized spacial score (nSPS) is 13.0. The Morgan fingerprint density at radius 2 is 1.73 bits per heavy atom. The number of rotatable bonds is 3. The van der Waals surface area contributed by atoms with Gasteiger partial charge in [-0.1, -0.05) is 0 Å². The van der Waals surface area contributed by atoms with E-state index in [1.54, 1.807) is 0 Å². The fourth-order valence-electron chi connectivity index (χ4n) is 1.30. The third kappa shape index (κ3) is 4.09. The van der Waals surface area contributed by atoms with Crippen LogP contribution in [-0.4, -0.2) is 24.7 Å². The Balaban J connectivity index is 3.90. The highest BCUT2D eigenvalue weighted by Crippen LogP contribution is 2.45. The molecule has 0 fully saturated rings. The van der Waals surface area contributed by atoms with Crippen LogP contribution < -0.4 is 4.74 Å². The number of nitrogens with zero attached hydrogens (tertiary/aromatic N) is 2. The van der Waals surface area contributed by atoms with Crippen LogP contribution in [0.5, 0.6) is 5.75 Å². The monoisotopic (exact) mass is 374 g/mol. The van der Waals surface area contributed by atoms with Gasteiger partial charge in [0.25, 0.3) is 9.05 Å². The van der Waals surface area contributed by atoms with Gasteiger partial charge in [-0.3, -0.25) is 0 Å². The van der Waals surface area contributed by atoms with Gasteiger partial charge in [0.2, 0.25) is 0 Å². The molecule has 0 radical (unpaired) electrons. The number of ether oxygens (including phenoxy) is 1. The zero-order valence-corrected chi connectivity index (χ0v) is 11.1. The van der Waals surface area contributed by atoms with Crippen molar-refractivity contribution in [1.29, 1.82) is 0 Å². The highest BCUT2D eigenvalue weighted by Gasteiger charge is 2.48. The predicted octanol–water partition coefficient (Wildman–Crippen LogP) is 2.83. The molecule has 0 aliphatic rings. The largest absolute Gasteiger partial charge is 0.573 e. The Labute approximate surface area is 121 Å². The summed E-state index contributed by atoms with van der Waals surface area (Å²) < 4.78 is 100.0. The van der Waals surface area contributed by atoms with Crippen LogP contribution in [0.1, 0.15) is 5.56 Å². The molecular weight excluding hydrogens is 374 g/mol. The van der Waals surface area contributed by atoms with Crippen LogP contribution in [0.2, 0.25) is 0 Å². The van der Waals surface area contributed by atoms with Gasteiger partial charge in [0.05, 0.1) is 0 Å². The van der Waals surface area contributed by atoms with Crippen LogP contribution in [0, 0.1) is 10.1 Å². The molecule has 1 aromatic rings. The summed E-state index contributed by atoms with van der Waals surface area (Å²) in [7, 11) is -0.817. The van der Waals surface area contributed by atoms with E-state index in [1.807, 2.05) is 0 Å². The van der Waals surface area contributed by atoms with E-state index in [2.05, 4.69) is 20.4 Å². The Kier molecular flexibility index (Phi) is 4.49. The van der Waals surface area contributed by atoms with E-state index in [-0.39, 0.29) is 6.20 Å². The van der Waals surface area contributed by atoms with Gasteiger partial charge >= 0.3 is 18.4 Å². The van der Waals surface area contributed by atoms with E-state index in [9.17, 15) is 44.9 Å². The van der Waals surface area contributed by atoms with E-state index in [0.717, 1.165) is 0 Å². The van der Waals surface area contributed by atoms with Gasteiger partial charge in [0.15, 0.2) is 16.8 Å². The Morgan fingerprint density at radius 1 is 1.23 bits per heavy atom. The number of alkyl halides is 6. The minimum Gasteiger partial charge on any atom is -0.401 e. The van der Waals surface area contributed by atoms with E-state index in [1.165, 1.54) is 0 Å². The Bertz CT molecular complexity index is 715. The molecule has 0 atom stereocenters. The van der Waals surface area contributed by atoms with Crippen LogP contribution >= 0.6 is 10.7 Å². The first-order valence-corrected chi connectivity index (χ1v) is 6.90. The second-order valence-electron chi connectivity index (χ2n) is 3.39. The van der Waals surface area contributed by atoms with Crippen molar-refractivity contribution in [2.24, 2.45) is 0 Å². The van der Waals surface area contributed by atoms with Crippen molar-refractivity contribution in [2.75, 3.05) is 0 Å². The molecule has 0 N–H and O–H groups in total. The predicted molar refractivity (Wildman–Crippen MR) is 55.6 cm³/mol. The average Bonchev–Trinajstić information content (AvgIpc) is 2.22. The van der Waals surface area contributed by atoms with Crippen LogP contribution in [0.3, 0.4) is 0 Å². The van der Waals surface area contributed by atoms with Gasteiger partial charge in [-0.2, -0.15) is 13.2 Å². The molecule has 1 rings (SSSR count). The van der Waals surface area contributed by atoms with Gasteiger partial charge < -0.3 is 14.9 Å². The molecule has 1 aromatic heterocycles. The fourth-order valence-corrected chi connectivity index (χ4v) is 2.54. The van der Waals surface area contributed by atoms with Gasteiger partial charge in [0, 0.05) is 10.7 Å². The van der Waals surface area contributed by atoms with Crippen LogP contribution in [-0.2, 0) is 15.2 Å². The Morgan fingerprint density at radius 3 is 2.05 bits per heavy atom. The van der Waals surface area contributed by atoms with Crippen LogP contribution in [0.4, 0.5) is 32.2 Å². The maximum absolute atomic E-state index is 12.8. The zero-order chi connectivity index (χ0) is 17.5. The summed E-state index contributed by atoms with van der Waals surface area (Å²) in [4.78, 5) is 9.26. The standard InChI is InChI=1S/C7HClF6N2O5S/c8-22(19,20)4-3(6(9,10)11)2(21-7(12,13)14)1-15-5(4)16(17)18/h1H. The van der Waals surface area contributed by atoms with Crippen molar-refractivity contribution < 1.29 is 44.4 Å². The molecule has 0 aliphatic heterocycles. The topological polar surface area (TPSA) is 99.4 Å². The van der Waals surface area contributed by atoms with Crippen molar-refractivity contribution in [2.45, 2.75) is 17.4 Å². The molecule has 0 aromatic carbocycles. The molecule has 22 heavy (non-hydrogen) atoms. The van der Waals surface area contributed by atoms with E-state index < -0.39 is 48.5 Å². The quantitative estimate of drug-likeness (QED) is 0.349. The maximum atomic E-state index is 12.8. The second kappa shape index (κ2) is 5.42. The minimum atomic E-state index is -5.76. The first kappa shape index (κ1) is 18.2. The fraction of sp³-hybridized carbons (Fsp3) is 0.286. The van der Waals surface area contributed by atoms with E-state index >= 15 is 0 Å². The summed E-state index contributed by atoms with van der Waals surface area (Å²) >= 11 is 0. The summed E-state index contributed by atoms with van der Waals surface area (Å²) in [6.07, 6.45) is -11.7. The van der Waals surface area contributed by atoms with Crippen molar-refractivity contribution in [1.82, 2.24) is 4.98 Å². The smallest absolute Gasteiger partial charge is 0.401 e. The molecule has 0 amide bonds. The summed E-state index contributed by atoms with van der Waals surface area (Å²) in [5, 5.41) is 10.5. The first-order valence-electron chi connectivity index (χ1n) is 4.59. The van der Waals surface area contributed by atoms with E-state index in [4.69, 9.17) is 0 Å². The number of hydrogen-bond donors (Lipinski definition) is 0. The third-order valence-corrected chi connectivity index (χ3v) is 3.24. The van der Waals surface area contributed by atoms with Crippen molar-refractivity contribution >= 4 is 25.6 Å². The summed E-state index contributed by atoms with van der Waals surface area (Å²) in [5.74, 6) is -3.98. The van der Waals surface area contributed by atoms with Gasteiger partial charge in [-0.15, -0.1) is 13.2 Å². The molecule has 0 saturated heterocycles. The second-order valence-corrected chi connectivity index (χ2v) is 5.89. The maximum Gasteiger partial charge on any atom is 0.573 e. The van der Waals surface area contributed by atoms with Crippen molar-refractivity contribution in [3.8, 4) is 5.75 Å². The minimum absolute atomic E-state index is 0.278. The molecule has 7 nitrogen and oxygen atoms in total. The molecular formula is C7HClF6N2O5S. The molecule has 15 heteroatoms. The van der Waals surface area contributed by atoms with Crippen LogP contribution in [0.25, 0.3) is 0 Å². The summed E-state index contributed by atoms with van der Waals surface area (Å²) in [6.45, 7) is 0. The molecule has 0 saturated carbocycles. The number of hydrogen-bond acceptors (Lipinski definition) is 6. The van der Waals surface area contributed by atoms with Crippen molar-refractivity contribution in [3.05, 3.63) is 21.9 Å². The lowest BCUT2D eigenvalue weighted by Crippen LogP contribution is -2.22. The number of halogens is 7. The van der Waals surface area contributed by atoms with Gasteiger partial charge in [-0.05, 0) is 9.91 Å². The highest BCUT2D eigenvalue weighted by molar-refractivity contribution is 8.13. The lowest BCUT2D eigenvalue weighted by Gasteiger charge is -2.15. The average molecular weight is 375 g/mol. The Hall–Kier alpha value is -1.83. The zero-order valence-electron chi connectivity index (χ0n) is 9.57. The highest BCUT2D eigenvalue weighted by atomic mass is 35.7. The van der Waals surface area contributed by atoms with Crippen LogP contribution in [0.15, 0.2) is 11.1 Å². The molecule has 0 bridgehead atoms. The van der Waals surface area contributed by atoms with Gasteiger partial charge in [0.1, 0.15) is 5.56 Å². The lowest BCUT2D eigenvalue weighted by atomic mass is 10.2.